The van der Waals surface area contributed by atoms with E-state index in [9.17, 15) is 5.11 Å². The molecule has 0 aromatic heterocycles. The van der Waals surface area contributed by atoms with Gasteiger partial charge in [0, 0.05) is 19.4 Å². The molecule has 32 heavy (non-hydrogen) atoms. The number of hydrogen-bond donors (Lipinski definition) is 1. The fraction of sp³-hybridized carbons (Fsp3) is 1.00. The van der Waals surface area contributed by atoms with Crippen molar-refractivity contribution in [3.8, 4) is 0 Å². The highest BCUT2D eigenvalue weighted by molar-refractivity contribution is 5.15. The molecule has 0 radical (unpaired) electrons. The van der Waals surface area contributed by atoms with Crippen LogP contribution in [0.1, 0.15) is 98.8 Å². The van der Waals surface area contributed by atoms with E-state index in [2.05, 4.69) is 34.6 Å². The highest BCUT2D eigenvalue weighted by Gasteiger charge is 2.66. The van der Waals surface area contributed by atoms with Gasteiger partial charge in [-0.2, -0.15) is 0 Å². The number of hydrogen-bond acceptors (Lipinski definition) is 4. The van der Waals surface area contributed by atoms with Gasteiger partial charge in [0.15, 0.2) is 5.79 Å². The van der Waals surface area contributed by atoms with Crippen molar-refractivity contribution in [1.82, 2.24) is 0 Å². The molecule has 4 aliphatic carbocycles. The highest BCUT2D eigenvalue weighted by Crippen LogP contribution is 2.70. The lowest BCUT2D eigenvalue weighted by atomic mass is 9.42. The first-order valence-electron chi connectivity index (χ1n) is 13.8. The molecule has 1 N–H and O–H groups in total. The first-order valence-corrected chi connectivity index (χ1v) is 13.8. The Kier molecular flexibility index (Phi) is 6.05. The van der Waals surface area contributed by atoms with E-state index in [1.54, 1.807) is 0 Å². The third kappa shape index (κ3) is 3.37. The van der Waals surface area contributed by atoms with Gasteiger partial charge in [0.25, 0.3) is 0 Å². The van der Waals surface area contributed by atoms with E-state index >= 15 is 0 Å². The van der Waals surface area contributed by atoms with Crippen LogP contribution in [0.4, 0.5) is 0 Å². The topological polar surface area (TPSA) is 47.9 Å². The summed E-state index contributed by atoms with van der Waals surface area (Å²) >= 11 is 0. The molecule has 8 atom stereocenters. The molecular weight excluding hydrogens is 400 g/mol. The van der Waals surface area contributed by atoms with E-state index in [1.807, 2.05) is 0 Å². The zero-order valence-electron chi connectivity index (χ0n) is 21.3. The third-order valence-corrected chi connectivity index (χ3v) is 11.3. The van der Waals surface area contributed by atoms with Crippen molar-refractivity contribution in [2.45, 2.75) is 116 Å². The number of rotatable bonds is 5. The molecule has 1 spiro atoms. The lowest BCUT2D eigenvalue weighted by molar-refractivity contribution is -0.246. The Labute approximate surface area is 196 Å². The Morgan fingerprint density at radius 2 is 1.75 bits per heavy atom. The van der Waals surface area contributed by atoms with Crippen molar-refractivity contribution in [3.05, 3.63) is 0 Å². The Bertz CT molecular complexity index is 685. The molecule has 0 aromatic rings. The van der Waals surface area contributed by atoms with E-state index in [0.29, 0.717) is 23.7 Å². The average molecular weight is 449 g/mol. The van der Waals surface area contributed by atoms with Crippen LogP contribution in [0, 0.1) is 40.4 Å². The lowest BCUT2D eigenvalue weighted by Crippen LogP contribution is -2.61. The van der Waals surface area contributed by atoms with Crippen molar-refractivity contribution in [2.24, 2.45) is 40.4 Å². The molecule has 1 aliphatic heterocycles. The summed E-state index contributed by atoms with van der Waals surface area (Å²) in [5.41, 5.74) is 0.340. The molecule has 0 aromatic carbocycles. The smallest absolute Gasteiger partial charge is 0.168 e. The summed E-state index contributed by atoms with van der Waals surface area (Å²) in [4.78, 5) is 0. The van der Waals surface area contributed by atoms with Crippen molar-refractivity contribution in [2.75, 3.05) is 19.8 Å². The number of aliphatic hydroxyl groups excluding tert-OH is 1. The van der Waals surface area contributed by atoms with Gasteiger partial charge >= 0.3 is 0 Å². The van der Waals surface area contributed by atoms with E-state index < -0.39 is 0 Å². The van der Waals surface area contributed by atoms with Crippen LogP contribution in [-0.2, 0) is 14.2 Å². The zero-order chi connectivity index (χ0) is 22.8. The largest absolute Gasteiger partial charge is 0.393 e. The van der Waals surface area contributed by atoms with Gasteiger partial charge in [-0.3, -0.25) is 0 Å². The van der Waals surface area contributed by atoms with Crippen molar-refractivity contribution in [1.29, 1.82) is 0 Å². The fourth-order valence-corrected chi connectivity index (χ4v) is 10.0. The lowest BCUT2D eigenvalue weighted by Gasteiger charge is -2.64. The molecule has 4 nitrogen and oxygen atoms in total. The quantitative estimate of drug-likeness (QED) is 0.564. The van der Waals surface area contributed by atoms with Gasteiger partial charge in [-0.05, 0) is 106 Å². The molecule has 5 rings (SSSR count). The normalized spacial score (nSPS) is 47.8. The Morgan fingerprint density at radius 3 is 2.44 bits per heavy atom. The molecule has 184 valence electrons. The van der Waals surface area contributed by atoms with E-state index in [1.165, 1.54) is 32.1 Å². The van der Waals surface area contributed by atoms with Gasteiger partial charge in [0.05, 0.1) is 24.9 Å². The number of fused-ring (bicyclic) bond motifs is 5. The maximum atomic E-state index is 11.9. The van der Waals surface area contributed by atoms with E-state index in [4.69, 9.17) is 14.2 Å². The van der Waals surface area contributed by atoms with Crippen LogP contribution in [0.3, 0.4) is 0 Å². The van der Waals surface area contributed by atoms with Gasteiger partial charge in [-0.25, -0.2) is 0 Å². The summed E-state index contributed by atoms with van der Waals surface area (Å²) in [6.45, 7) is 14.1. The van der Waals surface area contributed by atoms with Gasteiger partial charge in [0.1, 0.15) is 0 Å². The van der Waals surface area contributed by atoms with Crippen LogP contribution >= 0.6 is 0 Å². The Hall–Kier alpha value is -0.160. The molecule has 0 bridgehead atoms. The van der Waals surface area contributed by atoms with Crippen molar-refractivity contribution in [3.63, 3.8) is 0 Å². The summed E-state index contributed by atoms with van der Waals surface area (Å²) < 4.78 is 18.7. The van der Waals surface area contributed by atoms with E-state index in [-0.39, 0.29) is 28.3 Å². The predicted molar refractivity (Wildman–Crippen MR) is 126 cm³/mol. The van der Waals surface area contributed by atoms with Crippen LogP contribution in [0.25, 0.3) is 0 Å². The first-order chi connectivity index (χ1) is 15.2. The first kappa shape index (κ1) is 23.6. The third-order valence-electron chi connectivity index (χ3n) is 11.3. The summed E-state index contributed by atoms with van der Waals surface area (Å²) in [5, 5.41) is 11.9. The standard InChI is InChI=1S/C28H48O4/c1-6-14-30-25(3,4)23-11-10-21-20-9-8-19-17-28(31-15-16-32-28)13-12-26(19,5)24(20)22(29)18-27(21,23)7-2/h19-24,29H,6-18H2,1-5H3/t19?,20?,21?,22?,23-,24?,26?,27?/m1/s1. The minimum atomic E-state index is -0.317. The maximum Gasteiger partial charge on any atom is 0.168 e. The minimum absolute atomic E-state index is 0.108. The summed E-state index contributed by atoms with van der Waals surface area (Å²) in [6.07, 6.45) is 11.3. The summed E-state index contributed by atoms with van der Waals surface area (Å²) in [5.74, 6) is 2.68. The summed E-state index contributed by atoms with van der Waals surface area (Å²) in [6, 6.07) is 0. The van der Waals surface area contributed by atoms with Gasteiger partial charge in [-0.15, -0.1) is 0 Å². The average Bonchev–Trinajstić information content (AvgIpc) is 3.38. The molecule has 0 amide bonds. The van der Waals surface area contributed by atoms with Crippen molar-refractivity contribution >= 4 is 0 Å². The molecular formula is C28H48O4. The minimum Gasteiger partial charge on any atom is -0.393 e. The van der Waals surface area contributed by atoms with Crippen LogP contribution < -0.4 is 0 Å². The molecule has 4 saturated carbocycles. The second kappa shape index (κ2) is 8.21. The summed E-state index contributed by atoms with van der Waals surface area (Å²) in [7, 11) is 0. The van der Waals surface area contributed by atoms with Crippen LogP contribution in [0.2, 0.25) is 0 Å². The van der Waals surface area contributed by atoms with Crippen LogP contribution in [0.15, 0.2) is 0 Å². The van der Waals surface area contributed by atoms with Gasteiger partial charge in [0.2, 0.25) is 0 Å². The Balaban J connectivity index is 1.42. The van der Waals surface area contributed by atoms with Gasteiger partial charge < -0.3 is 19.3 Å². The molecule has 5 fully saturated rings. The maximum absolute atomic E-state index is 11.9. The second-order valence-corrected chi connectivity index (χ2v) is 12.8. The van der Waals surface area contributed by atoms with Gasteiger partial charge in [-0.1, -0.05) is 20.8 Å². The highest BCUT2D eigenvalue weighted by atomic mass is 16.7. The van der Waals surface area contributed by atoms with E-state index in [0.717, 1.165) is 57.8 Å². The molecule has 5 aliphatic rings. The molecule has 4 heteroatoms. The molecule has 1 heterocycles. The second-order valence-electron chi connectivity index (χ2n) is 12.8. The molecule has 7 unspecified atom stereocenters. The van der Waals surface area contributed by atoms with Crippen LogP contribution in [-0.4, -0.2) is 42.4 Å². The Morgan fingerprint density at radius 1 is 1.00 bits per heavy atom. The SMILES string of the molecule is CCCOC(C)(C)[C@H]1CCC2C3CCC4CC5(CCC4(C)C3C(O)CC21CC)OCCO5. The number of aliphatic hydroxyl groups is 1. The predicted octanol–water partition coefficient (Wildman–Crippen LogP) is 5.95. The number of ether oxygens (including phenoxy) is 3. The fourth-order valence-electron chi connectivity index (χ4n) is 10.0. The van der Waals surface area contributed by atoms with Crippen LogP contribution in [0.5, 0.6) is 0 Å². The monoisotopic (exact) mass is 448 g/mol. The zero-order valence-corrected chi connectivity index (χ0v) is 21.3. The molecule has 1 saturated heterocycles. The van der Waals surface area contributed by atoms with Crippen molar-refractivity contribution < 1.29 is 19.3 Å².